The number of rotatable bonds is 8. The van der Waals surface area contributed by atoms with E-state index in [1.807, 2.05) is 36.7 Å². The third-order valence-electron chi connectivity index (χ3n) is 4.75. The first-order valence-electron chi connectivity index (χ1n) is 8.75. The summed E-state index contributed by atoms with van der Waals surface area (Å²) in [6.45, 7) is 8.96. The van der Waals surface area contributed by atoms with E-state index in [4.69, 9.17) is 0 Å². The van der Waals surface area contributed by atoms with Gasteiger partial charge in [-0.05, 0) is 44.1 Å². The number of hydrogen-bond acceptors (Lipinski definition) is 2. The van der Waals surface area contributed by atoms with E-state index in [-0.39, 0.29) is 5.91 Å². The molecule has 0 saturated carbocycles. The number of hydrogen-bond donors (Lipinski definition) is 1. The van der Waals surface area contributed by atoms with Crippen LogP contribution in [0.3, 0.4) is 0 Å². The molecular weight excluding hydrogens is 298 g/mol. The van der Waals surface area contributed by atoms with Crippen LogP contribution in [0.15, 0.2) is 42.5 Å². The quantitative estimate of drug-likeness (QED) is 0.809. The number of carbonyl (C=O) groups is 1. The van der Waals surface area contributed by atoms with Crippen molar-refractivity contribution in [2.45, 2.75) is 33.2 Å². The summed E-state index contributed by atoms with van der Waals surface area (Å²) >= 11 is 0. The van der Waals surface area contributed by atoms with Gasteiger partial charge in [-0.1, -0.05) is 44.2 Å². The Morgan fingerprint density at radius 3 is 2.33 bits per heavy atom. The summed E-state index contributed by atoms with van der Waals surface area (Å²) in [7, 11) is 1.93. The molecule has 0 radical (unpaired) electrons. The highest BCUT2D eigenvalue weighted by Gasteiger charge is 2.18. The van der Waals surface area contributed by atoms with Crippen molar-refractivity contribution in [3.8, 4) is 0 Å². The number of carbonyl (C=O) groups excluding carboxylic acids is 1. The van der Waals surface area contributed by atoms with Gasteiger partial charge in [-0.3, -0.25) is 9.69 Å². The predicted molar refractivity (Wildman–Crippen MR) is 99.3 cm³/mol. The summed E-state index contributed by atoms with van der Waals surface area (Å²) in [5.41, 5.74) is 3.11. The zero-order valence-electron chi connectivity index (χ0n) is 15.2. The highest BCUT2D eigenvalue weighted by atomic mass is 16.1. The summed E-state index contributed by atoms with van der Waals surface area (Å²) < 4.78 is 1.93. The lowest BCUT2D eigenvalue weighted by atomic mass is 10.0. The molecule has 1 unspecified atom stereocenters. The van der Waals surface area contributed by atoms with Crippen LogP contribution in [0.2, 0.25) is 0 Å². The Bertz CT molecular complexity index is 644. The molecule has 0 aliphatic rings. The molecule has 1 N–H and O–H groups in total. The van der Waals surface area contributed by atoms with E-state index in [0.717, 1.165) is 25.2 Å². The SMILES string of the molecule is CCN(CC)C(CNC(=O)c1ccc(C)n1C)Cc1ccccc1. The Labute approximate surface area is 145 Å². The van der Waals surface area contributed by atoms with E-state index < -0.39 is 0 Å². The normalized spacial score (nSPS) is 12.4. The molecule has 1 atom stereocenters. The second-order valence-electron chi connectivity index (χ2n) is 6.19. The zero-order chi connectivity index (χ0) is 17.5. The van der Waals surface area contributed by atoms with Crippen LogP contribution in [-0.4, -0.2) is 41.1 Å². The average molecular weight is 327 g/mol. The van der Waals surface area contributed by atoms with Crippen molar-refractivity contribution in [2.75, 3.05) is 19.6 Å². The number of nitrogens with one attached hydrogen (secondary N) is 1. The van der Waals surface area contributed by atoms with Gasteiger partial charge in [-0.15, -0.1) is 0 Å². The standard InChI is InChI=1S/C20H29N3O/c1-5-23(6-2)18(14-17-10-8-7-9-11-17)15-21-20(24)19-13-12-16(3)22(19)4/h7-13,18H,5-6,14-15H2,1-4H3,(H,21,24). The van der Waals surface area contributed by atoms with Crippen molar-refractivity contribution >= 4 is 5.91 Å². The molecular formula is C20H29N3O. The molecule has 4 heteroatoms. The van der Waals surface area contributed by atoms with E-state index in [0.29, 0.717) is 18.3 Å². The maximum atomic E-state index is 12.5. The number of benzene rings is 1. The van der Waals surface area contributed by atoms with Crippen LogP contribution in [0.5, 0.6) is 0 Å². The molecule has 0 aliphatic carbocycles. The van der Waals surface area contributed by atoms with Gasteiger partial charge in [0, 0.05) is 25.3 Å². The third kappa shape index (κ3) is 4.48. The van der Waals surface area contributed by atoms with Crippen molar-refractivity contribution in [3.63, 3.8) is 0 Å². The summed E-state index contributed by atoms with van der Waals surface area (Å²) in [5, 5.41) is 3.12. The molecule has 0 fully saturated rings. The first-order valence-corrected chi connectivity index (χ1v) is 8.75. The molecule has 130 valence electrons. The summed E-state index contributed by atoms with van der Waals surface area (Å²) in [6, 6.07) is 14.6. The Balaban J connectivity index is 2.05. The topological polar surface area (TPSA) is 37.3 Å². The van der Waals surface area contributed by atoms with Crippen molar-refractivity contribution in [1.82, 2.24) is 14.8 Å². The van der Waals surface area contributed by atoms with Gasteiger partial charge < -0.3 is 9.88 Å². The van der Waals surface area contributed by atoms with E-state index >= 15 is 0 Å². The van der Waals surface area contributed by atoms with Crippen LogP contribution in [0.1, 0.15) is 35.6 Å². The molecule has 0 spiro atoms. The minimum absolute atomic E-state index is 0.00387. The second-order valence-corrected chi connectivity index (χ2v) is 6.19. The number of likely N-dealkylation sites (N-methyl/N-ethyl adjacent to an activating group) is 1. The lowest BCUT2D eigenvalue weighted by Crippen LogP contribution is -2.45. The number of aromatic nitrogens is 1. The maximum Gasteiger partial charge on any atom is 0.267 e. The van der Waals surface area contributed by atoms with Gasteiger partial charge in [-0.2, -0.15) is 0 Å². The summed E-state index contributed by atoms with van der Waals surface area (Å²) in [4.78, 5) is 14.9. The zero-order valence-corrected chi connectivity index (χ0v) is 15.2. The summed E-state index contributed by atoms with van der Waals surface area (Å²) in [6.07, 6.45) is 0.939. The number of amides is 1. The van der Waals surface area contributed by atoms with Crippen molar-refractivity contribution in [2.24, 2.45) is 7.05 Å². The molecule has 0 saturated heterocycles. The molecule has 1 amide bonds. The third-order valence-corrected chi connectivity index (χ3v) is 4.75. The molecule has 2 rings (SSSR count). The molecule has 2 aromatic rings. The van der Waals surface area contributed by atoms with Crippen LogP contribution >= 0.6 is 0 Å². The maximum absolute atomic E-state index is 12.5. The Kier molecular flexibility index (Phi) is 6.62. The van der Waals surface area contributed by atoms with Gasteiger partial charge in [0.25, 0.3) is 5.91 Å². The minimum Gasteiger partial charge on any atom is -0.349 e. The van der Waals surface area contributed by atoms with Crippen molar-refractivity contribution in [1.29, 1.82) is 0 Å². The monoisotopic (exact) mass is 327 g/mol. The van der Waals surface area contributed by atoms with Crippen molar-refractivity contribution in [3.05, 3.63) is 59.4 Å². The van der Waals surface area contributed by atoms with Crippen LogP contribution in [-0.2, 0) is 13.5 Å². The first-order chi connectivity index (χ1) is 11.6. The fourth-order valence-corrected chi connectivity index (χ4v) is 3.10. The average Bonchev–Trinajstić information content (AvgIpc) is 2.93. The minimum atomic E-state index is -0.00387. The number of aryl methyl sites for hydroxylation is 1. The van der Waals surface area contributed by atoms with E-state index in [9.17, 15) is 4.79 Å². The van der Waals surface area contributed by atoms with Gasteiger partial charge in [0.1, 0.15) is 5.69 Å². The molecule has 1 aromatic heterocycles. The van der Waals surface area contributed by atoms with Gasteiger partial charge in [0.2, 0.25) is 0 Å². The van der Waals surface area contributed by atoms with Gasteiger partial charge >= 0.3 is 0 Å². The lowest BCUT2D eigenvalue weighted by molar-refractivity contribution is 0.0926. The van der Waals surface area contributed by atoms with Crippen LogP contribution < -0.4 is 5.32 Å². The second kappa shape index (κ2) is 8.69. The Morgan fingerprint density at radius 1 is 1.12 bits per heavy atom. The molecule has 0 bridgehead atoms. The van der Waals surface area contributed by atoms with Crippen LogP contribution in [0.25, 0.3) is 0 Å². The smallest absolute Gasteiger partial charge is 0.267 e. The van der Waals surface area contributed by atoms with Crippen molar-refractivity contribution < 1.29 is 4.79 Å². The Hall–Kier alpha value is -2.07. The highest BCUT2D eigenvalue weighted by Crippen LogP contribution is 2.10. The first kappa shape index (κ1) is 18.3. The lowest BCUT2D eigenvalue weighted by Gasteiger charge is -2.30. The van der Waals surface area contributed by atoms with Gasteiger partial charge in [0.15, 0.2) is 0 Å². The molecule has 0 aliphatic heterocycles. The summed E-state index contributed by atoms with van der Waals surface area (Å²) in [5.74, 6) is -0.00387. The number of nitrogens with zero attached hydrogens (tertiary/aromatic N) is 2. The molecule has 4 nitrogen and oxygen atoms in total. The fraction of sp³-hybridized carbons (Fsp3) is 0.450. The fourth-order valence-electron chi connectivity index (χ4n) is 3.10. The highest BCUT2D eigenvalue weighted by molar-refractivity contribution is 5.92. The van der Waals surface area contributed by atoms with Crippen LogP contribution in [0, 0.1) is 6.92 Å². The Morgan fingerprint density at radius 2 is 1.79 bits per heavy atom. The molecule has 1 aromatic carbocycles. The largest absolute Gasteiger partial charge is 0.349 e. The predicted octanol–water partition coefficient (Wildman–Crippen LogP) is 3.02. The van der Waals surface area contributed by atoms with E-state index in [1.54, 1.807) is 0 Å². The van der Waals surface area contributed by atoms with E-state index in [1.165, 1.54) is 5.56 Å². The van der Waals surface area contributed by atoms with Gasteiger partial charge in [-0.25, -0.2) is 0 Å². The molecule has 24 heavy (non-hydrogen) atoms. The molecule has 1 heterocycles. The van der Waals surface area contributed by atoms with E-state index in [2.05, 4.69) is 48.3 Å². The van der Waals surface area contributed by atoms with Gasteiger partial charge in [0.05, 0.1) is 0 Å². The van der Waals surface area contributed by atoms with Crippen LogP contribution in [0.4, 0.5) is 0 Å².